The van der Waals surface area contributed by atoms with E-state index in [-0.39, 0.29) is 10.5 Å². The average molecular weight is 458 g/mol. The molecule has 0 bridgehead atoms. The lowest BCUT2D eigenvalue weighted by atomic mass is 10.2. The zero-order valence-electron chi connectivity index (χ0n) is 16.6. The number of hydrogen-bond acceptors (Lipinski definition) is 5. The van der Waals surface area contributed by atoms with Gasteiger partial charge in [-0.25, -0.2) is 13.8 Å². The van der Waals surface area contributed by atoms with E-state index >= 15 is 0 Å². The third-order valence-corrected chi connectivity index (χ3v) is 5.72. The summed E-state index contributed by atoms with van der Waals surface area (Å²) in [6, 6.07) is 19.2. The van der Waals surface area contributed by atoms with E-state index in [1.165, 1.54) is 30.5 Å². The molecule has 0 aliphatic heterocycles. The first-order valence-electron chi connectivity index (χ1n) is 9.33. The van der Waals surface area contributed by atoms with Gasteiger partial charge in [-0.2, -0.15) is 5.10 Å². The molecule has 0 aliphatic carbocycles. The zero-order valence-corrected chi connectivity index (χ0v) is 18.2. The fourth-order valence-corrected chi connectivity index (χ4v) is 3.87. The number of ether oxygens (including phenoxy) is 1. The molecule has 0 spiro atoms. The topological polar surface area (TPSA) is 96.9 Å². The Labute approximate surface area is 185 Å². The summed E-state index contributed by atoms with van der Waals surface area (Å²) >= 11 is 5.82. The summed E-state index contributed by atoms with van der Waals surface area (Å²) in [6.07, 6.45) is 1.46. The van der Waals surface area contributed by atoms with Crippen LogP contribution in [0.3, 0.4) is 0 Å². The van der Waals surface area contributed by atoms with Gasteiger partial charge in [-0.05, 0) is 61.5 Å². The first-order chi connectivity index (χ1) is 14.9. The second kappa shape index (κ2) is 10.1. The molecule has 0 saturated heterocycles. The molecule has 0 unspecified atom stereocenters. The van der Waals surface area contributed by atoms with Gasteiger partial charge in [-0.15, -0.1) is 0 Å². The minimum atomic E-state index is -3.89. The van der Waals surface area contributed by atoms with Crippen LogP contribution in [0, 0.1) is 0 Å². The zero-order chi connectivity index (χ0) is 22.3. The van der Waals surface area contributed by atoms with Crippen LogP contribution in [0.15, 0.2) is 82.8 Å². The number of carbonyl (C=O) groups excluding carboxylic acids is 1. The third-order valence-electron chi connectivity index (χ3n) is 4.09. The second-order valence-corrected chi connectivity index (χ2v) is 8.43. The normalized spacial score (nSPS) is 11.3. The molecule has 3 rings (SSSR count). The molecule has 160 valence electrons. The monoisotopic (exact) mass is 457 g/mol. The van der Waals surface area contributed by atoms with Gasteiger partial charge in [0.2, 0.25) is 0 Å². The number of sulfonamides is 1. The first kappa shape index (κ1) is 22.3. The Bertz CT molecular complexity index is 1200. The van der Waals surface area contributed by atoms with Gasteiger partial charge in [0.1, 0.15) is 5.75 Å². The van der Waals surface area contributed by atoms with Crippen molar-refractivity contribution in [2.75, 3.05) is 11.3 Å². The highest BCUT2D eigenvalue weighted by Crippen LogP contribution is 2.19. The first-order valence-corrected chi connectivity index (χ1v) is 11.2. The number of benzene rings is 3. The molecule has 0 atom stereocenters. The number of hydrazone groups is 1. The third kappa shape index (κ3) is 6.07. The van der Waals surface area contributed by atoms with Crippen molar-refractivity contribution in [2.24, 2.45) is 5.10 Å². The van der Waals surface area contributed by atoms with E-state index in [2.05, 4.69) is 15.2 Å². The van der Waals surface area contributed by atoms with Crippen molar-refractivity contribution in [1.29, 1.82) is 0 Å². The lowest BCUT2D eigenvalue weighted by Gasteiger charge is -2.09. The standard InChI is InChI=1S/C22H20ClN3O4S/c1-2-30-21-9-4-3-6-17(21)15-24-25-22(27)16-7-5-8-20(14-16)31(28,29)26-19-12-10-18(23)11-13-19/h3-15,26H,2H2,1H3,(H,25,27)/b24-15+. The Hall–Kier alpha value is -3.36. The van der Waals surface area contributed by atoms with Crippen molar-refractivity contribution >= 4 is 39.4 Å². The Morgan fingerprint density at radius 1 is 1.06 bits per heavy atom. The van der Waals surface area contributed by atoms with E-state index in [0.717, 1.165) is 0 Å². The minimum Gasteiger partial charge on any atom is -0.493 e. The van der Waals surface area contributed by atoms with Crippen molar-refractivity contribution in [3.8, 4) is 5.75 Å². The van der Waals surface area contributed by atoms with E-state index in [4.69, 9.17) is 16.3 Å². The summed E-state index contributed by atoms with van der Waals surface area (Å²) in [5, 5.41) is 4.44. The Balaban J connectivity index is 1.72. The molecule has 9 heteroatoms. The molecule has 7 nitrogen and oxygen atoms in total. The largest absolute Gasteiger partial charge is 0.493 e. The molecule has 0 saturated carbocycles. The van der Waals surface area contributed by atoms with Crippen LogP contribution in [-0.4, -0.2) is 27.1 Å². The molecule has 0 aliphatic rings. The van der Waals surface area contributed by atoms with Crippen molar-refractivity contribution in [1.82, 2.24) is 5.43 Å². The number of para-hydroxylation sites is 1. The van der Waals surface area contributed by atoms with Crippen molar-refractivity contribution in [3.05, 3.63) is 88.9 Å². The fourth-order valence-electron chi connectivity index (χ4n) is 2.64. The molecule has 0 aromatic heterocycles. The van der Waals surface area contributed by atoms with E-state index in [0.29, 0.717) is 28.6 Å². The van der Waals surface area contributed by atoms with Crippen LogP contribution in [0.2, 0.25) is 5.02 Å². The van der Waals surface area contributed by atoms with Crippen LogP contribution in [-0.2, 0) is 10.0 Å². The van der Waals surface area contributed by atoms with Gasteiger partial charge < -0.3 is 4.74 Å². The summed E-state index contributed by atoms with van der Waals surface area (Å²) in [5.41, 5.74) is 3.60. The molecule has 2 N–H and O–H groups in total. The molecule has 0 heterocycles. The van der Waals surface area contributed by atoms with Crippen molar-refractivity contribution in [3.63, 3.8) is 0 Å². The summed E-state index contributed by atoms with van der Waals surface area (Å²) < 4.78 is 33.2. The lowest BCUT2D eigenvalue weighted by molar-refractivity contribution is 0.0955. The molecule has 0 fully saturated rings. The average Bonchev–Trinajstić information content (AvgIpc) is 2.76. The summed E-state index contributed by atoms with van der Waals surface area (Å²) in [6.45, 7) is 2.38. The smallest absolute Gasteiger partial charge is 0.271 e. The summed E-state index contributed by atoms with van der Waals surface area (Å²) in [4.78, 5) is 12.4. The van der Waals surface area contributed by atoms with Crippen LogP contribution in [0.25, 0.3) is 0 Å². The van der Waals surface area contributed by atoms with Crippen LogP contribution in [0.5, 0.6) is 5.75 Å². The molecule has 3 aromatic carbocycles. The van der Waals surface area contributed by atoms with E-state index < -0.39 is 15.9 Å². The van der Waals surface area contributed by atoms with Crippen molar-refractivity contribution < 1.29 is 17.9 Å². The van der Waals surface area contributed by atoms with Gasteiger partial charge in [-0.3, -0.25) is 9.52 Å². The molecule has 3 aromatic rings. The van der Waals surface area contributed by atoms with Gasteiger partial charge >= 0.3 is 0 Å². The highest BCUT2D eigenvalue weighted by atomic mass is 35.5. The predicted octanol–water partition coefficient (Wildman–Crippen LogP) is 4.30. The van der Waals surface area contributed by atoms with E-state index in [1.54, 1.807) is 36.4 Å². The van der Waals surface area contributed by atoms with Gasteiger partial charge in [0.05, 0.1) is 17.7 Å². The lowest BCUT2D eigenvalue weighted by Crippen LogP contribution is -2.19. The molecule has 31 heavy (non-hydrogen) atoms. The van der Waals surface area contributed by atoms with Gasteiger partial charge in [0, 0.05) is 21.8 Å². The molecule has 0 radical (unpaired) electrons. The number of rotatable bonds is 8. The van der Waals surface area contributed by atoms with E-state index in [9.17, 15) is 13.2 Å². The maximum Gasteiger partial charge on any atom is 0.271 e. The Morgan fingerprint density at radius 3 is 2.55 bits per heavy atom. The van der Waals surface area contributed by atoms with Crippen LogP contribution in [0.4, 0.5) is 5.69 Å². The van der Waals surface area contributed by atoms with Crippen molar-refractivity contribution in [2.45, 2.75) is 11.8 Å². The SMILES string of the molecule is CCOc1ccccc1/C=N/NC(=O)c1cccc(S(=O)(=O)Nc2ccc(Cl)cc2)c1. The molecule has 1 amide bonds. The van der Waals surface area contributed by atoms with E-state index in [1.807, 2.05) is 19.1 Å². The molecular weight excluding hydrogens is 438 g/mol. The number of nitrogens with zero attached hydrogens (tertiary/aromatic N) is 1. The summed E-state index contributed by atoms with van der Waals surface area (Å²) in [7, 11) is -3.89. The van der Waals surface area contributed by atoms with Gasteiger partial charge in [-0.1, -0.05) is 29.8 Å². The number of carbonyl (C=O) groups is 1. The number of halogens is 1. The number of hydrogen-bond donors (Lipinski definition) is 2. The quantitative estimate of drug-likeness (QED) is 0.389. The van der Waals surface area contributed by atoms with Crippen LogP contribution in [0.1, 0.15) is 22.8 Å². The van der Waals surface area contributed by atoms with Gasteiger partial charge in [0.15, 0.2) is 0 Å². The number of anilines is 1. The highest BCUT2D eigenvalue weighted by Gasteiger charge is 2.16. The highest BCUT2D eigenvalue weighted by molar-refractivity contribution is 7.92. The second-order valence-electron chi connectivity index (χ2n) is 6.31. The van der Waals surface area contributed by atoms with Crippen LogP contribution < -0.4 is 14.9 Å². The maximum absolute atomic E-state index is 12.6. The fraction of sp³-hybridized carbons (Fsp3) is 0.0909. The Kier molecular flexibility index (Phi) is 7.28. The summed E-state index contributed by atoms with van der Waals surface area (Å²) in [5.74, 6) is 0.0954. The number of nitrogens with one attached hydrogen (secondary N) is 2. The maximum atomic E-state index is 12.6. The number of amides is 1. The molecular formula is C22H20ClN3O4S. The van der Waals surface area contributed by atoms with Gasteiger partial charge in [0.25, 0.3) is 15.9 Å². The van der Waals surface area contributed by atoms with Crippen LogP contribution >= 0.6 is 11.6 Å². The predicted molar refractivity (Wildman–Crippen MR) is 121 cm³/mol. The Morgan fingerprint density at radius 2 is 1.81 bits per heavy atom. The minimum absolute atomic E-state index is 0.0548.